The Balaban J connectivity index is 1.74. The van der Waals surface area contributed by atoms with E-state index in [2.05, 4.69) is 31.4 Å². The fourth-order valence-corrected chi connectivity index (χ4v) is 4.71. The van der Waals surface area contributed by atoms with Gasteiger partial charge in [-0.05, 0) is 55.2 Å². The number of hydrogen-bond acceptors (Lipinski definition) is 3. The van der Waals surface area contributed by atoms with Crippen molar-refractivity contribution in [3.63, 3.8) is 0 Å². The molecule has 0 bridgehead atoms. The minimum atomic E-state index is -0.937. The molecule has 1 saturated carbocycles. The molecule has 4 amide bonds. The number of anilines is 1. The van der Waals surface area contributed by atoms with Gasteiger partial charge < -0.3 is 10.6 Å². The Labute approximate surface area is 158 Å². The highest BCUT2D eigenvalue weighted by Crippen LogP contribution is 2.46. The summed E-state index contributed by atoms with van der Waals surface area (Å²) >= 11 is 0. The summed E-state index contributed by atoms with van der Waals surface area (Å²) in [4.78, 5) is 38.8. The van der Waals surface area contributed by atoms with Crippen molar-refractivity contribution in [2.24, 2.45) is 11.3 Å². The van der Waals surface area contributed by atoms with E-state index in [0.717, 1.165) is 11.3 Å². The molecule has 0 unspecified atom stereocenters. The number of urea groups is 1. The molecule has 1 aromatic carbocycles. The van der Waals surface area contributed by atoms with E-state index in [1.54, 1.807) is 13.0 Å². The van der Waals surface area contributed by atoms with Crippen molar-refractivity contribution in [2.45, 2.75) is 52.5 Å². The number of rotatable bonds is 3. The van der Waals surface area contributed by atoms with E-state index in [0.29, 0.717) is 30.0 Å². The molecule has 6 nitrogen and oxygen atoms in total. The Bertz CT molecular complexity index is 808. The van der Waals surface area contributed by atoms with Crippen LogP contribution in [0.5, 0.6) is 0 Å². The molecule has 0 aromatic heterocycles. The van der Waals surface area contributed by atoms with E-state index in [4.69, 9.17) is 0 Å². The zero-order chi connectivity index (χ0) is 20.0. The SMILES string of the molecule is Cc1ccc(F)cc1NC(=O)CN1C(=O)N[C@]2(C[C@@H](C)CC(C)(C)C2)C1=O. The maximum atomic E-state index is 13.4. The second kappa shape index (κ2) is 6.62. The van der Waals surface area contributed by atoms with Crippen molar-refractivity contribution in [1.82, 2.24) is 10.2 Å². The number of aryl methyl sites for hydroxylation is 1. The molecule has 2 atom stereocenters. The normalized spacial score (nSPS) is 27.0. The van der Waals surface area contributed by atoms with Gasteiger partial charge in [-0.15, -0.1) is 0 Å². The molecule has 146 valence electrons. The lowest BCUT2D eigenvalue weighted by molar-refractivity contribution is -0.136. The molecule has 1 saturated heterocycles. The van der Waals surface area contributed by atoms with Crippen LogP contribution in [-0.2, 0) is 9.59 Å². The molecule has 7 heteroatoms. The third-order valence-corrected chi connectivity index (χ3v) is 5.40. The number of nitrogens with one attached hydrogen (secondary N) is 2. The van der Waals surface area contributed by atoms with Gasteiger partial charge in [0.2, 0.25) is 5.91 Å². The van der Waals surface area contributed by atoms with E-state index < -0.39 is 29.8 Å². The van der Waals surface area contributed by atoms with Crippen LogP contribution >= 0.6 is 0 Å². The molecule has 2 N–H and O–H groups in total. The molecule has 1 aliphatic carbocycles. The number of imide groups is 1. The van der Waals surface area contributed by atoms with E-state index in [9.17, 15) is 18.8 Å². The Morgan fingerprint density at radius 2 is 2.04 bits per heavy atom. The van der Waals surface area contributed by atoms with Crippen molar-refractivity contribution in [2.75, 3.05) is 11.9 Å². The molecule has 1 spiro atoms. The Morgan fingerprint density at radius 1 is 1.33 bits per heavy atom. The molecule has 2 fully saturated rings. The highest BCUT2D eigenvalue weighted by molar-refractivity contribution is 6.10. The van der Waals surface area contributed by atoms with Gasteiger partial charge in [0, 0.05) is 5.69 Å². The molecule has 27 heavy (non-hydrogen) atoms. The number of amides is 4. The summed E-state index contributed by atoms with van der Waals surface area (Å²) in [6.45, 7) is 7.60. The second-order valence-electron chi connectivity index (χ2n) is 8.77. The lowest BCUT2D eigenvalue weighted by Gasteiger charge is -2.43. The Hall–Kier alpha value is -2.44. The fourth-order valence-electron chi connectivity index (χ4n) is 4.71. The number of hydrogen-bond donors (Lipinski definition) is 2. The molecule has 2 aliphatic rings. The van der Waals surface area contributed by atoms with Gasteiger partial charge in [0.25, 0.3) is 5.91 Å². The quantitative estimate of drug-likeness (QED) is 0.797. The topological polar surface area (TPSA) is 78.5 Å². The second-order valence-corrected chi connectivity index (χ2v) is 8.77. The van der Waals surface area contributed by atoms with E-state index in [-0.39, 0.29) is 11.3 Å². The summed E-state index contributed by atoms with van der Waals surface area (Å²) in [6.07, 6.45) is 2.11. The number of carbonyl (C=O) groups excluding carboxylic acids is 3. The van der Waals surface area contributed by atoms with Gasteiger partial charge >= 0.3 is 6.03 Å². The summed E-state index contributed by atoms with van der Waals surface area (Å²) in [5, 5.41) is 5.42. The van der Waals surface area contributed by atoms with Crippen LogP contribution in [0.2, 0.25) is 0 Å². The standard InChI is InChI=1S/C20H26FN3O3/c1-12-8-19(3,4)11-20(9-12)17(26)24(18(27)23-20)10-16(25)22-15-7-14(21)6-5-13(15)2/h5-7,12H,8-11H2,1-4H3,(H,22,25)(H,23,27)/t12-,20-/m0/s1. The highest BCUT2D eigenvalue weighted by Gasteiger charge is 2.56. The first kappa shape index (κ1) is 19.3. The Kier molecular flexibility index (Phi) is 4.74. The van der Waals surface area contributed by atoms with Crippen LogP contribution < -0.4 is 10.6 Å². The molecular formula is C20H26FN3O3. The average Bonchev–Trinajstić information content (AvgIpc) is 2.72. The first-order valence-electron chi connectivity index (χ1n) is 9.21. The first-order chi connectivity index (χ1) is 12.5. The highest BCUT2D eigenvalue weighted by atomic mass is 19.1. The summed E-state index contributed by atoms with van der Waals surface area (Å²) in [6, 6.07) is 3.53. The van der Waals surface area contributed by atoms with Crippen LogP contribution in [-0.4, -0.2) is 34.8 Å². The third kappa shape index (κ3) is 3.82. The fraction of sp³-hybridized carbons (Fsp3) is 0.550. The van der Waals surface area contributed by atoms with Gasteiger partial charge in [-0.3, -0.25) is 14.5 Å². The van der Waals surface area contributed by atoms with Crippen LogP contribution in [0.25, 0.3) is 0 Å². The largest absolute Gasteiger partial charge is 0.325 e. The smallest absolute Gasteiger partial charge is 0.324 e. The van der Waals surface area contributed by atoms with Crippen molar-refractivity contribution < 1.29 is 18.8 Å². The monoisotopic (exact) mass is 375 g/mol. The number of benzene rings is 1. The predicted octanol–water partition coefficient (Wildman–Crippen LogP) is 3.21. The molecular weight excluding hydrogens is 349 g/mol. The summed E-state index contributed by atoms with van der Waals surface area (Å²) < 4.78 is 13.4. The van der Waals surface area contributed by atoms with Gasteiger partial charge in [0.1, 0.15) is 17.9 Å². The van der Waals surface area contributed by atoms with Crippen LogP contribution in [0.3, 0.4) is 0 Å². The number of nitrogens with zero attached hydrogens (tertiary/aromatic N) is 1. The summed E-state index contributed by atoms with van der Waals surface area (Å²) in [7, 11) is 0. The van der Waals surface area contributed by atoms with Crippen molar-refractivity contribution in [3.8, 4) is 0 Å². The van der Waals surface area contributed by atoms with Gasteiger partial charge in [-0.2, -0.15) is 0 Å². The van der Waals surface area contributed by atoms with E-state index in [1.165, 1.54) is 12.1 Å². The zero-order valence-corrected chi connectivity index (χ0v) is 16.2. The molecule has 1 aromatic rings. The maximum absolute atomic E-state index is 13.4. The van der Waals surface area contributed by atoms with Crippen LogP contribution in [0, 0.1) is 24.1 Å². The number of carbonyl (C=O) groups is 3. The predicted molar refractivity (Wildman–Crippen MR) is 99.5 cm³/mol. The molecule has 0 radical (unpaired) electrons. The molecule has 1 aliphatic heterocycles. The van der Waals surface area contributed by atoms with Gasteiger partial charge in [-0.1, -0.05) is 26.8 Å². The zero-order valence-electron chi connectivity index (χ0n) is 16.2. The maximum Gasteiger partial charge on any atom is 0.325 e. The van der Waals surface area contributed by atoms with Gasteiger partial charge in [0.15, 0.2) is 0 Å². The minimum absolute atomic E-state index is 0.0719. The van der Waals surface area contributed by atoms with Crippen LogP contribution in [0.15, 0.2) is 18.2 Å². The molecule has 3 rings (SSSR count). The van der Waals surface area contributed by atoms with Crippen molar-refractivity contribution in [1.29, 1.82) is 0 Å². The number of halogens is 1. The average molecular weight is 375 g/mol. The molecule has 1 heterocycles. The lowest BCUT2D eigenvalue weighted by Crippen LogP contribution is -2.54. The minimum Gasteiger partial charge on any atom is -0.324 e. The van der Waals surface area contributed by atoms with E-state index in [1.807, 2.05) is 0 Å². The lowest BCUT2D eigenvalue weighted by atomic mass is 9.64. The Morgan fingerprint density at radius 3 is 2.70 bits per heavy atom. The van der Waals surface area contributed by atoms with Crippen molar-refractivity contribution >= 4 is 23.5 Å². The van der Waals surface area contributed by atoms with E-state index >= 15 is 0 Å². The van der Waals surface area contributed by atoms with Crippen LogP contribution in [0.4, 0.5) is 14.9 Å². The van der Waals surface area contributed by atoms with Gasteiger partial charge in [0.05, 0.1) is 0 Å². The van der Waals surface area contributed by atoms with Crippen LogP contribution in [0.1, 0.15) is 45.6 Å². The first-order valence-corrected chi connectivity index (χ1v) is 9.21. The third-order valence-electron chi connectivity index (χ3n) is 5.40. The summed E-state index contributed by atoms with van der Waals surface area (Å²) in [5.41, 5.74) is 0.0145. The van der Waals surface area contributed by atoms with Gasteiger partial charge in [-0.25, -0.2) is 9.18 Å². The summed E-state index contributed by atoms with van der Waals surface area (Å²) in [5.74, 6) is -1.06. The van der Waals surface area contributed by atoms with Crippen molar-refractivity contribution in [3.05, 3.63) is 29.6 Å².